The zero-order valence-corrected chi connectivity index (χ0v) is 15.1. The predicted octanol–water partition coefficient (Wildman–Crippen LogP) is 5.06. The summed E-state index contributed by atoms with van der Waals surface area (Å²) < 4.78 is 1.74. The quantitative estimate of drug-likeness (QED) is 0.594. The van der Waals surface area contributed by atoms with Crippen molar-refractivity contribution in [3.05, 3.63) is 44.8 Å². The average Bonchev–Trinajstić information content (AvgIpc) is 2.88. The molecule has 5 nitrogen and oxygen atoms in total. The molecule has 1 atom stereocenters. The first-order chi connectivity index (χ1) is 11.5. The van der Waals surface area contributed by atoms with Crippen molar-refractivity contribution in [1.29, 1.82) is 0 Å². The molecule has 4 rings (SSSR count). The first kappa shape index (κ1) is 16.1. The van der Waals surface area contributed by atoms with Crippen molar-refractivity contribution in [2.24, 2.45) is 0 Å². The van der Waals surface area contributed by atoms with Crippen molar-refractivity contribution in [1.82, 2.24) is 25.0 Å². The number of benzene rings is 1. The molecule has 0 spiro atoms. The first-order valence-corrected chi connectivity index (χ1v) is 8.91. The molecule has 2 aromatic heterocycles. The fourth-order valence-corrected chi connectivity index (χ4v) is 3.76. The Morgan fingerprint density at radius 2 is 1.96 bits per heavy atom. The van der Waals surface area contributed by atoms with Gasteiger partial charge in [0, 0.05) is 16.0 Å². The van der Waals surface area contributed by atoms with Crippen molar-refractivity contribution >= 4 is 46.0 Å². The van der Waals surface area contributed by atoms with Crippen molar-refractivity contribution in [3.8, 4) is 0 Å². The molecule has 3 aromatic rings. The molecule has 0 bridgehead atoms. The Morgan fingerprint density at radius 1 is 1.17 bits per heavy atom. The summed E-state index contributed by atoms with van der Waals surface area (Å²) in [7, 11) is 0. The monoisotopic (exact) mass is 381 g/mol. The van der Waals surface area contributed by atoms with E-state index in [4.69, 9.17) is 34.8 Å². The van der Waals surface area contributed by atoms with Crippen LogP contribution >= 0.6 is 34.8 Å². The van der Waals surface area contributed by atoms with Crippen LogP contribution in [0.3, 0.4) is 0 Å². The number of halogens is 3. The van der Waals surface area contributed by atoms with E-state index in [9.17, 15) is 0 Å². The molecule has 2 heterocycles. The van der Waals surface area contributed by atoms with Gasteiger partial charge in [0.1, 0.15) is 0 Å². The van der Waals surface area contributed by atoms with E-state index in [1.165, 1.54) is 6.42 Å². The van der Waals surface area contributed by atoms with E-state index in [1.54, 1.807) is 16.8 Å². The minimum atomic E-state index is -0.153. The minimum Gasteiger partial charge on any atom is -0.220 e. The standard InChI is InChI=1S/C16H14Cl3N5/c1-8(11-6-5-10(17)7-12(11)18)24-15-14(22-23-24)13(9-3-2-4-9)20-16(19)21-15/h5-9H,2-4H2,1H3/t8-/m1/s1. The van der Waals surface area contributed by atoms with E-state index in [2.05, 4.69) is 20.3 Å². The first-order valence-electron chi connectivity index (χ1n) is 7.78. The van der Waals surface area contributed by atoms with Gasteiger partial charge in [-0.25, -0.2) is 9.67 Å². The van der Waals surface area contributed by atoms with Crippen LogP contribution in [0.2, 0.25) is 15.3 Å². The van der Waals surface area contributed by atoms with Crippen LogP contribution in [0.1, 0.15) is 49.4 Å². The third-order valence-corrected chi connectivity index (χ3v) is 5.33. The average molecular weight is 383 g/mol. The number of hydrogen-bond donors (Lipinski definition) is 0. The van der Waals surface area contributed by atoms with Crippen molar-refractivity contribution in [3.63, 3.8) is 0 Å². The van der Waals surface area contributed by atoms with E-state index < -0.39 is 0 Å². The maximum atomic E-state index is 6.33. The minimum absolute atomic E-state index is 0.153. The van der Waals surface area contributed by atoms with Crippen LogP contribution < -0.4 is 0 Å². The Balaban J connectivity index is 1.83. The molecular formula is C16H14Cl3N5. The molecule has 0 N–H and O–H groups in total. The Hall–Kier alpha value is -1.43. The lowest BCUT2D eigenvalue weighted by molar-refractivity contribution is 0.413. The highest BCUT2D eigenvalue weighted by Gasteiger charge is 2.27. The van der Waals surface area contributed by atoms with Gasteiger partial charge in [0.05, 0.1) is 11.7 Å². The van der Waals surface area contributed by atoms with Gasteiger partial charge in [-0.15, -0.1) is 5.10 Å². The molecule has 0 saturated heterocycles. The van der Waals surface area contributed by atoms with Crippen LogP contribution in [0.4, 0.5) is 0 Å². The SMILES string of the molecule is C[C@H](c1ccc(Cl)cc1Cl)n1nnc2c(C3CCC3)nc(Cl)nc21. The molecule has 8 heteroatoms. The van der Waals surface area contributed by atoms with E-state index >= 15 is 0 Å². The van der Waals surface area contributed by atoms with Gasteiger partial charge < -0.3 is 0 Å². The topological polar surface area (TPSA) is 56.5 Å². The summed E-state index contributed by atoms with van der Waals surface area (Å²) >= 11 is 18.5. The molecule has 1 fully saturated rings. The van der Waals surface area contributed by atoms with Gasteiger partial charge in [0.2, 0.25) is 5.28 Å². The second-order valence-electron chi connectivity index (χ2n) is 6.05. The van der Waals surface area contributed by atoms with Gasteiger partial charge in [-0.2, -0.15) is 4.98 Å². The van der Waals surface area contributed by atoms with Gasteiger partial charge in [-0.05, 0) is 49.1 Å². The van der Waals surface area contributed by atoms with Crippen LogP contribution in [0.15, 0.2) is 18.2 Å². The van der Waals surface area contributed by atoms with Crippen molar-refractivity contribution < 1.29 is 0 Å². The molecule has 1 aliphatic carbocycles. The second-order valence-corrected chi connectivity index (χ2v) is 7.24. The zero-order valence-electron chi connectivity index (χ0n) is 12.9. The fourth-order valence-electron chi connectivity index (χ4n) is 3.02. The predicted molar refractivity (Wildman–Crippen MR) is 95.0 cm³/mol. The number of aromatic nitrogens is 5. The van der Waals surface area contributed by atoms with Gasteiger partial charge in [-0.3, -0.25) is 0 Å². The van der Waals surface area contributed by atoms with Crippen molar-refractivity contribution in [2.75, 3.05) is 0 Å². The molecule has 1 saturated carbocycles. The van der Waals surface area contributed by atoms with E-state index in [-0.39, 0.29) is 11.3 Å². The van der Waals surface area contributed by atoms with Gasteiger partial charge in [-0.1, -0.05) is 40.9 Å². The zero-order chi connectivity index (χ0) is 16.8. The highest BCUT2D eigenvalue weighted by molar-refractivity contribution is 6.35. The molecule has 124 valence electrons. The molecule has 24 heavy (non-hydrogen) atoms. The van der Waals surface area contributed by atoms with Crippen LogP contribution in [-0.4, -0.2) is 25.0 Å². The highest BCUT2D eigenvalue weighted by atomic mass is 35.5. The lowest BCUT2D eigenvalue weighted by atomic mass is 9.82. The maximum absolute atomic E-state index is 6.33. The lowest BCUT2D eigenvalue weighted by Crippen LogP contribution is -2.13. The molecule has 1 aromatic carbocycles. The highest BCUT2D eigenvalue weighted by Crippen LogP contribution is 2.38. The van der Waals surface area contributed by atoms with Gasteiger partial charge in [0.15, 0.2) is 11.2 Å². The molecule has 0 amide bonds. The van der Waals surface area contributed by atoms with Crippen LogP contribution in [-0.2, 0) is 0 Å². The summed E-state index contributed by atoms with van der Waals surface area (Å²) in [6.07, 6.45) is 3.42. The van der Waals surface area contributed by atoms with E-state index in [1.807, 2.05) is 13.0 Å². The van der Waals surface area contributed by atoms with Crippen LogP contribution in [0.25, 0.3) is 11.2 Å². The van der Waals surface area contributed by atoms with Crippen LogP contribution in [0.5, 0.6) is 0 Å². The van der Waals surface area contributed by atoms with Crippen LogP contribution in [0, 0.1) is 0 Å². The number of hydrogen-bond acceptors (Lipinski definition) is 4. The third-order valence-electron chi connectivity index (χ3n) is 4.59. The summed E-state index contributed by atoms with van der Waals surface area (Å²) in [6.45, 7) is 1.99. The number of nitrogens with zero attached hydrogens (tertiary/aromatic N) is 5. The van der Waals surface area contributed by atoms with Gasteiger partial charge in [0.25, 0.3) is 0 Å². The summed E-state index contributed by atoms with van der Waals surface area (Å²) in [5.41, 5.74) is 3.15. The molecule has 0 aliphatic heterocycles. The Morgan fingerprint density at radius 3 is 2.62 bits per heavy atom. The Bertz CT molecular complexity index is 919. The largest absolute Gasteiger partial charge is 0.224 e. The Labute approximate surface area is 153 Å². The Kier molecular flexibility index (Phi) is 4.11. The molecule has 0 radical (unpaired) electrons. The molecule has 0 unspecified atom stereocenters. The normalized spacial score (nSPS) is 16.3. The fraction of sp³-hybridized carbons (Fsp3) is 0.375. The molecular weight excluding hydrogens is 369 g/mol. The van der Waals surface area contributed by atoms with E-state index in [0.29, 0.717) is 21.6 Å². The van der Waals surface area contributed by atoms with E-state index in [0.717, 1.165) is 29.6 Å². The summed E-state index contributed by atoms with van der Waals surface area (Å²) in [5, 5.41) is 10.0. The molecule has 1 aliphatic rings. The number of fused-ring (bicyclic) bond motifs is 1. The smallest absolute Gasteiger partial charge is 0.220 e. The summed E-state index contributed by atoms with van der Waals surface area (Å²) in [4.78, 5) is 8.75. The number of rotatable bonds is 3. The summed E-state index contributed by atoms with van der Waals surface area (Å²) in [5.74, 6) is 0.396. The second kappa shape index (κ2) is 6.14. The lowest BCUT2D eigenvalue weighted by Gasteiger charge is -2.24. The maximum Gasteiger partial charge on any atom is 0.224 e. The van der Waals surface area contributed by atoms with Gasteiger partial charge >= 0.3 is 0 Å². The summed E-state index contributed by atoms with van der Waals surface area (Å²) in [6, 6.07) is 5.26. The van der Waals surface area contributed by atoms with Crippen molar-refractivity contribution in [2.45, 2.75) is 38.1 Å². The third kappa shape index (κ3) is 2.65.